The standard InChI is InChI=1S/C21H18F4N6O/c22-18-13-27-20(29-19(18)31-6-8-32-9-7-31)30-28-12-17-5-4-15(11-26-17)14-2-1-3-16(10-14)21(23,24)25/h1-5,10-13H,6-9H2,(H,27,29,30)/b28-12-. The third-order valence-corrected chi connectivity index (χ3v) is 4.71. The van der Waals surface area contributed by atoms with Crippen LogP contribution in [-0.4, -0.2) is 47.5 Å². The molecule has 4 rings (SSSR count). The Hall–Kier alpha value is -3.60. The number of nitrogens with one attached hydrogen (secondary N) is 1. The van der Waals surface area contributed by atoms with Gasteiger partial charge in [0.25, 0.3) is 0 Å². The van der Waals surface area contributed by atoms with Crippen LogP contribution >= 0.6 is 0 Å². The summed E-state index contributed by atoms with van der Waals surface area (Å²) in [6, 6.07) is 8.29. The second kappa shape index (κ2) is 9.27. The Labute approximate surface area is 180 Å². The van der Waals surface area contributed by atoms with Crippen molar-refractivity contribution in [3.63, 3.8) is 0 Å². The summed E-state index contributed by atoms with van der Waals surface area (Å²) in [7, 11) is 0. The fourth-order valence-electron chi connectivity index (χ4n) is 3.09. The Morgan fingerprint density at radius 2 is 1.84 bits per heavy atom. The quantitative estimate of drug-likeness (QED) is 0.363. The van der Waals surface area contributed by atoms with E-state index >= 15 is 0 Å². The van der Waals surface area contributed by atoms with Gasteiger partial charge in [-0.1, -0.05) is 18.2 Å². The highest BCUT2D eigenvalue weighted by Gasteiger charge is 2.30. The van der Waals surface area contributed by atoms with Gasteiger partial charge >= 0.3 is 6.18 Å². The van der Waals surface area contributed by atoms with Crippen LogP contribution < -0.4 is 10.3 Å². The Bertz CT molecular complexity index is 1100. The second-order valence-corrected chi connectivity index (χ2v) is 6.88. The molecular weight excluding hydrogens is 428 g/mol. The van der Waals surface area contributed by atoms with Crippen LogP contribution in [0.5, 0.6) is 0 Å². The molecule has 3 heterocycles. The van der Waals surface area contributed by atoms with Gasteiger partial charge in [0.2, 0.25) is 5.95 Å². The number of hydrogen-bond acceptors (Lipinski definition) is 7. The molecule has 1 aromatic carbocycles. The van der Waals surface area contributed by atoms with Crippen molar-refractivity contribution in [3.8, 4) is 11.1 Å². The number of hydrazone groups is 1. The van der Waals surface area contributed by atoms with Crippen molar-refractivity contribution in [3.05, 3.63) is 65.9 Å². The molecule has 2 aromatic heterocycles. The Morgan fingerprint density at radius 3 is 2.56 bits per heavy atom. The molecule has 0 radical (unpaired) electrons. The molecule has 1 saturated heterocycles. The van der Waals surface area contributed by atoms with E-state index in [1.54, 1.807) is 23.1 Å². The number of aromatic nitrogens is 3. The number of nitrogens with zero attached hydrogens (tertiary/aromatic N) is 5. The lowest BCUT2D eigenvalue weighted by Gasteiger charge is -2.27. The molecule has 1 fully saturated rings. The van der Waals surface area contributed by atoms with Gasteiger partial charge in [-0.25, -0.2) is 14.8 Å². The number of rotatable bonds is 5. The van der Waals surface area contributed by atoms with E-state index in [2.05, 4.69) is 25.5 Å². The van der Waals surface area contributed by atoms with E-state index in [9.17, 15) is 17.6 Å². The van der Waals surface area contributed by atoms with Gasteiger partial charge in [-0.05, 0) is 23.8 Å². The molecule has 1 aliphatic rings. The monoisotopic (exact) mass is 446 g/mol. The Kier molecular flexibility index (Phi) is 6.26. The van der Waals surface area contributed by atoms with E-state index in [1.165, 1.54) is 18.5 Å². The van der Waals surface area contributed by atoms with Crippen molar-refractivity contribution in [2.45, 2.75) is 6.18 Å². The van der Waals surface area contributed by atoms with Crippen LogP contribution in [0.25, 0.3) is 11.1 Å². The van der Waals surface area contributed by atoms with Crippen LogP contribution in [0.3, 0.4) is 0 Å². The summed E-state index contributed by atoms with van der Waals surface area (Å²) in [4.78, 5) is 14.0. The highest BCUT2D eigenvalue weighted by atomic mass is 19.4. The zero-order chi connectivity index (χ0) is 22.6. The molecule has 7 nitrogen and oxygen atoms in total. The fraction of sp³-hybridized carbons (Fsp3) is 0.238. The first kappa shape index (κ1) is 21.6. The number of pyridine rings is 1. The first-order valence-electron chi connectivity index (χ1n) is 9.68. The molecule has 0 spiro atoms. The summed E-state index contributed by atoms with van der Waals surface area (Å²) in [6.45, 7) is 2.04. The largest absolute Gasteiger partial charge is 0.416 e. The van der Waals surface area contributed by atoms with Gasteiger partial charge in [0.15, 0.2) is 11.6 Å². The predicted octanol–water partition coefficient (Wildman–Crippen LogP) is 3.98. The van der Waals surface area contributed by atoms with Crippen molar-refractivity contribution < 1.29 is 22.3 Å². The third-order valence-electron chi connectivity index (χ3n) is 4.71. The smallest absolute Gasteiger partial charge is 0.378 e. The average molecular weight is 446 g/mol. The lowest BCUT2D eigenvalue weighted by atomic mass is 10.0. The maximum Gasteiger partial charge on any atom is 0.416 e. The number of alkyl halides is 3. The van der Waals surface area contributed by atoms with Gasteiger partial charge in [-0.15, -0.1) is 0 Å². The average Bonchev–Trinajstić information content (AvgIpc) is 2.81. The molecule has 0 unspecified atom stereocenters. The van der Waals surface area contributed by atoms with Crippen LogP contribution in [0.4, 0.5) is 29.3 Å². The number of morpholine rings is 1. The van der Waals surface area contributed by atoms with Gasteiger partial charge < -0.3 is 9.64 Å². The number of halogens is 4. The van der Waals surface area contributed by atoms with Crippen molar-refractivity contribution in [1.29, 1.82) is 0 Å². The normalized spacial score (nSPS) is 14.7. The molecule has 1 N–H and O–H groups in total. The summed E-state index contributed by atoms with van der Waals surface area (Å²) in [5.74, 6) is -0.248. The first-order chi connectivity index (χ1) is 15.4. The Morgan fingerprint density at radius 1 is 1.03 bits per heavy atom. The lowest BCUT2D eigenvalue weighted by molar-refractivity contribution is -0.137. The van der Waals surface area contributed by atoms with Crippen molar-refractivity contribution in [1.82, 2.24) is 15.0 Å². The number of benzene rings is 1. The minimum absolute atomic E-state index is 0.115. The van der Waals surface area contributed by atoms with Crippen LogP contribution in [0.15, 0.2) is 53.9 Å². The van der Waals surface area contributed by atoms with Crippen LogP contribution in [0.2, 0.25) is 0 Å². The van der Waals surface area contributed by atoms with Crippen LogP contribution in [0, 0.1) is 5.82 Å². The van der Waals surface area contributed by atoms with Crippen LogP contribution in [0.1, 0.15) is 11.3 Å². The molecular formula is C21H18F4N6O. The van der Waals surface area contributed by atoms with Gasteiger partial charge in [0.1, 0.15) is 0 Å². The minimum Gasteiger partial charge on any atom is -0.378 e. The van der Waals surface area contributed by atoms with Gasteiger partial charge in [-0.2, -0.15) is 23.3 Å². The fourth-order valence-corrected chi connectivity index (χ4v) is 3.09. The van der Waals surface area contributed by atoms with Gasteiger partial charge in [0, 0.05) is 24.8 Å². The van der Waals surface area contributed by atoms with E-state index < -0.39 is 17.6 Å². The number of hydrogen-bond donors (Lipinski definition) is 1. The van der Waals surface area contributed by atoms with Crippen molar-refractivity contribution >= 4 is 18.0 Å². The molecule has 11 heteroatoms. The summed E-state index contributed by atoms with van der Waals surface area (Å²) in [5.41, 5.74) is 3.31. The maximum absolute atomic E-state index is 14.1. The Balaban J connectivity index is 1.43. The third kappa shape index (κ3) is 5.17. The molecule has 0 atom stereocenters. The van der Waals surface area contributed by atoms with Crippen molar-refractivity contribution in [2.24, 2.45) is 5.10 Å². The second-order valence-electron chi connectivity index (χ2n) is 6.88. The summed E-state index contributed by atoms with van der Waals surface area (Å²) >= 11 is 0. The highest BCUT2D eigenvalue weighted by Crippen LogP contribution is 2.32. The molecule has 0 amide bonds. The zero-order valence-electron chi connectivity index (χ0n) is 16.7. The van der Waals surface area contributed by atoms with E-state index in [0.717, 1.165) is 18.3 Å². The molecule has 0 bridgehead atoms. The molecule has 3 aromatic rings. The molecule has 166 valence electrons. The lowest BCUT2D eigenvalue weighted by Crippen LogP contribution is -2.37. The van der Waals surface area contributed by atoms with E-state index in [1.807, 2.05) is 0 Å². The highest BCUT2D eigenvalue weighted by molar-refractivity contribution is 5.78. The zero-order valence-corrected chi connectivity index (χ0v) is 16.7. The topological polar surface area (TPSA) is 75.5 Å². The van der Waals surface area contributed by atoms with Gasteiger partial charge in [-0.3, -0.25) is 4.98 Å². The minimum atomic E-state index is -4.41. The summed E-state index contributed by atoms with van der Waals surface area (Å²) < 4.78 is 58.0. The molecule has 0 aliphatic carbocycles. The first-order valence-corrected chi connectivity index (χ1v) is 9.68. The van der Waals surface area contributed by atoms with Crippen molar-refractivity contribution in [2.75, 3.05) is 36.6 Å². The van der Waals surface area contributed by atoms with E-state index in [-0.39, 0.29) is 11.8 Å². The molecule has 32 heavy (non-hydrogen) atoms. The molecule has 0 saturated carbocycles. The maximum atomic E-state index is 14.1. The van der Waals surface area contributed by atoms with E-state index in [0.29, 0.717) is 43.1 Å². The SMILES string of the molecule is Fc1cnc(N/N=C\c2ccc(-c3cccc(C(F)(F)F)c3)cn2)nc1N1CCOCC1. The predicted molar refractivity (Wildman–Crippen MR) is 111 cm³/mol. The van der Waals surface area contributed by atoms with E-state index in [4.69, 9.17) is 4.74 Å². The number of anilines is 2. The van der Waals surface area contributed by atoms with Crippen LogP contribution in [-0.2, 0) is 10.9 Å². The summed E-state index contributed by atoms with van der Waals surface area (Å²) in [6.07, 6.45) is -0.484. The number of ether oxygens (including phenoxy) is 1. The molecule has 1 aliphatic heterocycles. The summed E-state index contributed by atoms with van der Waals surface area (Å²) in [5, 5.41) is 4.00. The van der Waals surface area contributed by atoms with Gasteiger partial charge in [0.05, 0.1) is 36.9 Å².